The molecule has 0 aliphatic heterocycles. The summed E-state index contributed by atoms with van der Waals surface area (Å²) in [6.45, 7) is 0.422. The SMILES string of the molecule is COc1cccc(Cn2nccc2NC(=O)/C=C/c2ccco2)c1OC. The number of benzene rings is 1. The number of carbonyl (C=O) groups is 1. The number of furan rings is 1. The average Bonchev–Trinajstić information content (AvgIpc) is 3.32. The highest BCUT2D eigenvalue weighted by molar-refractivity contribution is 6.01. The number of amides is 1. The van der Waals surface area contributed by atoms with Gasteiger partial charge in [0.2, 0.25) is 5.91 Å². The summed E-state index contributed by atoms with van der Waals surface area (Å²) in [5, 5.41) is 7.07. The highest BCUT2D eigenvalue weighted by atomic mass is 16.5. The van der Waals surface area contributed by atoms with Gasteiger partial charge in [-0.1, -0.05) is 12.1 Å². The molecule has 0 bridgehead atoms. The third-order valence-electron chi connectivity index (χ3n) is 3.71. The first-order valence-electron chi connectivity index (χ1n) is 7.95. The Morgan fingerprint density at radius 3 is 2.85 bits per heavy atom. The van der Waals surface area contributed by atoms with Crippen LogP contribution in [-0.4, -0.2) is 29.9 Å². The van der Waals surface area contributed by atoms with Crippen molar-refractivity contribution in [3.8, 4) is 11.5 Å². The van der Waals surface area contributed by atoms with E-state index < -0.39 is 0 Å². The number of nitrogens with one attached hydrogen (secondary N) is 1. The number of aromatic nitrogens is 2. The van der Waals surface area contributed by atoms with Gasteiger partial charge in [-0.05, 0) is 24.3 Å². The van der Waals surface area contributed by atoms with Crippen LogP contribution in [-0.2, 0) is 11.3 Å². The normalized spacial score (nSPS) is 10.8. The molecule has 0 saturated carbocycles. The fraction of sp³-hybridized carbons (Fsp3) is 0.158. The van der Waals surface area contributed by atoms with Crippen LogP contribution in [0, 0.1) is 0 Å². The molecule has 2 heterocycles. The zero-order valence-corrected chi connectivity index (χ0v) is 14.5. The maximum atomic E-state index is 12.1. The summed E-state index contributed by atoms with van der Waals surface area (Å²) in [7, 11) is 3.18. The monoisotopic (exact) mass is 353 g/mol. The molecule has 7 nitrogen and oxygen atoms in total. The lowest BCUT2D eigenvalue weighted by atomic mass is 10.2. The number of carbonyl (C=O) groups excluding carboxylic acids is 1. The number of methoxy groups -OCH3 is 2. The lowest BCUT2D eigenvalue weighted by Gasteiger charge is -2.14. The number of anilines is 1. The predicted molar refractivity (Wildman–Crippen MR) is 97.2 cm³/mol. The van der Waals surface area contributed by atoms with Crippen molar-refractivity contribution >= 4 is 17.8 Å². The molecule has 7 heteroatoms. The highest BCUT2D eigenvalue weighted by Crippen LogP contribution is 2.31. The first-order valence-corrected chi connectivity index (χ1v) is 7.95. The molecule has 1 amide bonds. The van der Waals surface area contributed by atoms with E-state index in [-0.39, 0.29) is 5.91 Å². The summed E-state index contributed by atoms with van der Waals surface area (Å²) < 4.78 is 17.6. The second-order valence-corrected chi connectivity index (χ2v) is 5.36. The Bertz CT molecular complexity index is 897. The summed E-state index contributed by atoms with van der Waals surface area (Å²) in [5.74, 6) is 2.18. The van der Waals surface area contributed by atoms with E-state index in [2.05, 4.69) is 10.4 Å². The van der Waals surface area contributed by atoms with Crippen molar-refractivity contribution in [1.29, 1.82) is 0 Å². The number of rotatable bonds is 7. The number of ether oxygens (including phenoxy) is 2. The van der Waals surface area contributed by atoms with E-state index in [1.807, 2.05) is 18.2 Å². The van der Waals surface area contributed by atoms with Gasteiger partial charge in [0.1, 0.15) is 11.6 Å². The van der Waals surface area contributed by atoms with Crippen molar-refractivity contribution in [2.75, 3.05) is 19.5 Å². The minimum absolute atomic E-state index is 0.277. The van der Waals surface area contributed by atoms with Gasteiger partial charge >= 0.3 is 0 Å². The molecule has 0 atom stereocenters. The number of nitrogens with zero attached hydrogens (tertiary/aromatic N) is 2. The third kappa shape index (κ3) is 3.94. The van der Waals surface area contributed by atoms with Crippen molar-refractivity contribution in [3.63, 3.8) is 0 Å². The van der Waals surface area contributed by atoms with Crippen LogP contribution in [0.4, 0.5) is 5.82 Å². The fourth-order valence-corrected chi connectivity index (χ4v) is 2.52. The summed E-state index contributed by atoms with van der Waals surface area (Å²) in [4.78, 5) is 12.1. The summed E-state index contributed by atoms with van der Waals surface area (Å²) >= 11 is 0. The first kappa shape index (κ1) is 17.3. The van der Waals surface area contributed by atoms with Crippen molar-refractivity contribution in [1.82, 2.24) is 9.78 Å². The van der Waals surface area contributed by atoms with Gasteiger partial charge < -0.3 is 19.2 Å². The minimum Gasteiger partial charge on any atom is -0.493 e. The molecule has 2 aromatic heterocycles. The molecule has 0 fully saturated rings. The van der Waals surface area contributed by atoms with Crippen molar-refractivity contribution < 1.29 is 18.7 Å². The zero-order valence-electron chi connectivity index (χ0n) is 14.5. The van der Waals surface area contributed by atoms with Crippen LogP contribution in [0.2, 0.25) is 0 Å². The molecule has 0 unspecified atom stereocenters. The molecule has 3 rings (SSSR count). The van der Waals surface area contributed by atoms with Crippen LogP contribution < -0.4 is 14.8 Å². The van der Waals surface area contributed by atoms with Crippen molar-refractivity contribution in [2.24, 2.45) is 0 Å². The summed E-state index contributed by atoms with van der Waals surface area (Å²) in [6, 6.07) is 10.9. The predicted octanol–water partition coefficient (Wildman–Crippen LogP) is 3.19. The summed E-state index contributed by atoms with van der Waals surface area (Å²) in [6.07, 6.45) is 6.18. The lowest BCUT2D eigenvalue weighted by Crippen LogP contribution is -2.14. The Hall–Kier alpha value is -3.48. The highest BCUT2D eigenvalue weighted by Gasteiger charge is 2.12. The minimum atomic E-state index is -0.277. The molecule has 1 aromatic carbocycles. The Morgan fingerprint density at radius 1 is 1.23 bits per heavy atom. The fourth-order valence-electron chi connectivity index (χ4n) is 2.52. The van der Waals surface area contributed by atoms with Crippen LogP contribution in [0.15, 0.2) is 59.4 Å². The van der Waals surface area contributed by atoms with E-state index in [9.17, 15) is 4.79 Å². The van der Waals surface area contributed by atoms with Gasteiger partial charge in [-0.2, -0.15) is 5.10 Å². The Morgan fingerprint density at radius 2 is 2.12 bits per heavy atom. The molecule has 0 aliphatic carbocycles. The molecular formula is C19H19N3O4. The van der Waals surface area contributed by atoms with Crippen molar-refractivity contribution in [2.45, 2.75) is 6.54 Å². The Balaban J connectivity index is 1.74. The number of hydrogen-bond donors (Lipinski definition) is 1. The quantitative estimate of drug-likeness (QED) is 0.660. The van der Waals surface area contributed by atoms with E-state index in [0.717, 1.165) is 5.56 Å². The smallest absolute Gasteiger partial charge is 0.249 e. The second-order valence-electron chi connectivity index (χ2n) is 5.36. The topological polar surface area (TPSA) is 78.5 Å². The Kier molecular flexibility index (Phi) is 5.38. The molecule has 26 heavy (non-hydrogen) atoms. The van der Waals surface area contributed by atoms with Gasteiger partial charge in [0.05, 0.1) is 33.2 Å². The molecule has 134 valence electrons. The average molecular weight is 353 g/mol. The molecular weight excluding hydrogens is 334 g/mol. The maximum absolute atomic E-state index is 12.1. The van der Waals surface area contributed by atoms with Crippen LogP contribution in [0.1, 0.15) is 11.3 Å². The zero-order chi connectivity index (χ0) is 18.4. The third-order valence-corrected chi connectivity index (χ3v) is 3.71. The van der Waals surface area contributed by atoms with E-state index >= 15 is 0 Å². The number of hydrogen-bond acceptors (Lipinski definition) is 5. The molecule has 0 saturated heterocycles. The van der Waals surface area contributed by atoms with Gasteiger partial charge in [0.25, 0.3) is 0 Å². The van der Waals surface area contributed by atoms with Crippen LogP contribution >= 0.6 is 0 Å². The summed E-state index contributed by atoms with van der Waals surface area (Å²) in [5.41, 5.74) is 0.886. The van der Waals surface area contributed by atoms with Crippen LogP contribution in [0.3, 0.4) is 0 Å². The molecule has 0 aliphatic rings. The molecule has 1 N–H and O–H groups in total. The molecule has 0 radical (unpaired) electrons. The van der Waals surface area contributed by atoms with Crippen LogP contribution in [0.5, 0.6) is 11.5 Å². The standard InChI is InChI=1S/C19H19N3O4/c1-24-16-7-3-5-14(19(16)25-2)13-22-17(10-11-20-22)21-18(23)9-8-15-6-4-12-26-15/h3-12H,13H2,1-2H3,(H,21,23)/b9-8+. The first-order chi connectivity index (χ1) is 12.7. The van der Waals surface area contributed by atoms with E-state index in [1.165, 1.54) is 6.08 Å². The van der Waals surface area contributed by atoms with Gasteiger partial charge in [-0.3, -0.25) is 4.79 Å². The molecule has 0 spiro atoms. The van der Waals surface area contributed by atoms with E-state index in [0.29, 0.717) is 29.6 Å². The Labute approximate surface area is 150 Å². The number of para-hydroxylation sites is 1. The van der Waals surface area contributed by atoms with E-state index in [4.69, 9.17) is 13.9 Å². The maximum Gasteiger partial charge on any atom is 0.249 e. The van der Waals surface area contributed by atoms with Crippen molar-refractivity contribution in [3.05, 3.63) is 66.3 Å². The lowest BCUT2D eigenvalue weighted by molar-refractivity contribution is -0.111. The van der Waals surface area contributed by atoms with Gasteiger partial charge in [0.15, 0.2) is 11.5 Å². The van der Waals surface area contributed by atoms with Gasteiger partial charge in [-0.25, -0.2) is 4.68 Å². The largest absolute Gasteiger partial charge is 0.493 e. The molecule has 3 aromatic rings. The van der Waals surface area contributed by atoms with Crippen LogP contribution in [0.25, 0.3) is 6.08 Å². The van der Waals surface area contributed by atoms with Gasteiger partial charge in [0, 0.05) is 17.7 Å². The second kappa shape index (κ2) is 8.06. The van der Waals surface area contributed by atoms with E-state index in [1.54, 1.807) is 55.6 Å². The van der Waals surface area contributed by atoms with Gasteiger partial charge in [-0.15, -0.1) is 0 Å².